The van der Waals surface area contributed by atoms with Gasteiger partial charge in [-0.1, -0.05) is 60.1 Å². The molecule has 172 valence electrons. The summed E-state index contributed by atoms with van der Waals surface area (Å²) in [6.07, 6.45) is 1.67. The van der Waals surface area contributed by atoms with Gasteiger partial charge < -0.3 is 10.1 Å². The predicted molar refractivity (Wildman–Crippen MR) is 135 cm³/mol. The van der Waals surface area contributed by atoms with Crippen molar-refractivity contribution < 1.29 is 19.1 Å². The monoisotopic (exact) mass is 492 g/mol. The highest BCUT2D eigenvalue weighted by Gasteiger charge is 2.34. The zero-order valence-electron chi connectivity index (χ0n) is 18.3. The average Bonchev–Trinajstić information content (AvgIpc) is 3.09. The molecule has 1 saturated heterocycles. The number of anilines is 1. The van der Waals surface area contributed by atoms with E-state index in [0.29, 0.717) is 21.4 Å². The molecule has 0 spiro atoms. The number of amides is 3. The fourth-order valence-electron chi connectivity index (χ4n) is 3.23. The number of nitrogens with zero attached hydrogens (tertiary/aromatic N) is 1. The van der Waals surface area contributed by atoms with Crippen molar-refractivity contribution in [1.82, 2.24) is 4.90 Å². The van der Waals surface area contributed by atoms with Crippen LogP contribution in [0.15, 0.2) is 77.7 Å². The lowest BCUT2D eigenvalue weighted by molar-refractivity contribution is -0.123. The maximum atomic E-state index is 12.7. The summed E-state index contributed by atoms with van der Waals surface area (Å²) in [5.74, 6) is -0.116. The van der Waals surface area contributed by atoms with Crippen molar-refractivity contribution in [3.8, 4) is 5.75 Å². The number of aryl methyl sites for hydroxylation is 1. The highest BCUT2D eigenvalue weighted by molar-refractivity contribution is 8.18. The minimum Gasteiger partial charge on any atom is -0.484 e. The van der Waals surface area contributed by atoms with E-state index in [2.05, 4.69) is 5.32 Å². The molecule has 0 aromatic heterocycles. The molecule has 34 heavy (non-hydrogen) atoms. The van der Waals surface area contributed by atoms with E-state index < -0.39 is 0 Å². The number of hydrogen-bond donors (Lipinski definition) is 1. The second kappa shape index (κ2) is 10.6. The van der Waals surface area contributed by atoms with Gasteiger partial charge >= 0.3 is 0 Å². The lowest BCUT2D eigenvalue weighted by Gasteiger charge is -2.12. The van der Waals surface area contributed by atoms with Gasteiger partial charge in [0.2, 0.25) is 0 Å². The van der Waals surface area contributed by atoms with Crippen LogP contribution in [0.25, 0.3) is 6.08 Å². The van der Waals surface area contributed by atoms with Crippen LogP contribution in [0, 0.1) is 6.92 Å². The molecule has 0 saturated carbocycles. The molecule has 0 aliphatic carbocycles. The number of hydrogen-bond acceptors (Lipinski definition) is 5. The van der Waals surface area contributed by atoms with Gasteiger partial charge in [0, 0.05) is 10.7 Å². The van der Waals surface area contributed by atoms with Crippen molar-refractivity contribution in [2.45, 2.75) is 13.5 Å². The number of imide groups is 1. The van der Waals surface area contributed by atoms with Crippen LogP contribution in [-0.2, 0) is 16.1 Å². The van der Waals surface area contributed by atoms with E-state index in [1.807, 2.05) is 43.3 Å². The second-order valence-corrected chi connectivity index (χ2v) is 9.02. The van der Waals surface area contributed by atoms with Crippen LogP contribution in [-0.4, -0.2) is 28.6 Å². The smallest absolute Gasteiger partial charge is 0.293 e. The van der Waals surface area contributed by atoms with Crippen LogP contribution in [0.5, 0.6) is 5.75 Å². The Hall–Kier alpha value is -3.55. The minimum absolute atomic E-state index is 0.163. The zero-order chi connectivity index (χ0) is 24.1. The lowest BCUT2D eigenvalue weighted by Crippen LogP contribution is -2.27. The molecule has 0 atom stereocenters. The van der Waals surface area contributed by atoms with E-state index in [-0.39, 0.29) is 30.2 Å². The molecule has 1 fully saturated rings. The van der Waals surface area contributed by atoms with E-state index in [1.54, 1.807) is 42.5 Å². The normalized spacial score (nSPS) is 14.5. The van der Waals surface area contributed by atoms with Crippen molar-refractivity contribution >= 4 is 52.2 Å². The van der Waals surface area contributed by atoms with Gasteiger partial charge in [-0.3, -0.25) is 19.3 Å². The molecular weight excluding hydrogens is 472 g/mol. The van der Waals surface area contributed by atoms with Gasteiger partial charge in [0.1, 0.15) is 5.75 Å². The van der Waals surface area contributed by atoms with Crippen LogP contribution >= 0.6 is 23.4 Å². The summed E-state index contributed by atoms with van der Waals surface area (Å²) in [5, 5.41) is 3.02. The minimum atomic E-state index is -0.313. The number of nitrogens with one attached hydrogen (secondary N) is 1. The summed E-state index contributed by atoms with van der Waals surface area (Å²) < 4.78 is 5.54. The van der Waals surface area contributed by atoms with Crippen molar-refractivity contribution in [2.24, 2.45) is 0 Å². The van der Waals surface area contributed by atoms with Crippen molar-refractivity contribution in [3.63, 3.8) is 0 Å². The van der Waals surface area contributed by atoms with E-state index in [1.165, 1.54) is 4.90 Å². The van der Waals surface area contributed by atoms with Crippen molar-refractivity contribution in [1.29, 1.82) is 0 Å². The van der Waals surface area contributed by atoms with Crippen LogP contribution in [0.1, 0.15) is 16.7 Å². The fraction of sp³-hybridized carbons (Fsp3) is 0.115. The van der Waals surface area contributed by atoms with Crippen LogP contribution < -0.4 is 10.1 Å². The summed E-state index contributed by atoms with van der Waals surface area (Å²) in [6, 6.07) is 21.6. The SMILES string of the molecule is Cc1ccc(NC(=O)COc2ccc(/C=C3\SC(=O)N(Cc4ccccc4)C3=O)cc2)cc1Cl. The molecule has 3 amide bonds. The number of rotatable bonds is 7. The first-order valence-corrected chi connectivity index (χ1v) is 11.7. The van der Waals surface area contributed by atoms with Crippen LogP contribution in [0.2, 0.25) is 5.02 Å². The van der Waals surface area contributed by atoms with Gasteiger partial charge in [-0.15, -0.1) is 0 Å². The first-order valence-electron chi connectivity index (χ1n) is 10.5. The molecule has 0 bridgehead atoms. The Morgan fingerprint density at radius 3 is 2.50 bits per heavy atom. The summed E-state index contributed by atoms with van der Waals surface area (Å²) in [7, 11) is 0. The Bertz CT molecular complexity index is 1260. The quantitative estimate of drug-likeness (QED) is 0.415. The highest BCUT2D eigenvalue weighted by atomic mass is 35.5. The molecule has 8 heteroatoms. The third kappa shape index (κ3) is 5.87. The maximum Gasteiger partial charge on any atom is 0.293 e. The Morgan fingerprint density at radius 2 is 1.79 bits per heavy atom. The number of carbonyl (C=O) groups excluding carboxylic acids is 3. The van der Waals surface area contributed by atoms with E-state index in [4.69, 9.17) is 16.3 Å². The third-order valence-corrected chi connectivity index (χ3v) is 6.38. The Balaban J connectivity index is 1.33. The Labute approximate surface area is 206 Å². The van der Waals surface area contributed by atoms with E-state index in [9.17, 15) is 14.4 Å². The third-order valence-electron chi connectivity index (χ3n) is 5.06. The molecular formula is C26H21ClN2O4S. The van der Waals surface area contributed by atoms with Crippen molar-refractivity contribution in [3.05, 3.63) is 99.4 Å². The number of halogens is 1. The molecule has 1 N–H and O–H groups in total. The largest absolute Gasteiger partial charge is 0.484 e. The van der Waals surface area contributed by atoms with Gasteiger partial charge in [-0.05, 0) is 65.7 Å². The number of ether oxygens (including phenoxy) is 1. The molecule has 1 aliphatic rings. The average molecular weight is 493 g/mol. The number of thioether (sulfide) groups is 1. The molecule has 1 aliphatic heterocycles. The van der Waals surface area contributed by atoms with Gasteiger partial charge in [-0.2, -0.15) is 0 Å². The Morgan fingerprint density at radius 1 is 1.06 bits per heavy atom. The molecule has 0 radical (unpaired) electrons. The van der Waals surface area contributed by atoms with Gasteiger partial charge in [-0.25, -0.2) is 0 Å². The zero-order valence-corrected chi connectivity index (χ0v) is 19.9. The lowest BCUT2D eigenvalue weighted by atomic mass is 10.2. The first-order chi connectivity index (χ1) is 16.4. The number of carbonyl (C=O) groups is 3. The van der Waals surface area contributed by atoms with Crippen LogP contribution in [0.3, 0.4) is 0 Å². The van der Waals surface area contributed by atoms with Gasteiger partial charge in [0.25, 0.3) is 17.1 Å². The molecule has 3 aromatic rings. The maximum absolute atomic E-state index is 12.7. The second-order valence-electron chi connectivity index (χ2n) is 7.62. The van der Waals surface area contributed by atoms with Gasteiger partial charge in [0.15, 0.2) is 6.61 Å². The molecule has 1 heterocycles. The highest BCUT2D eigenvalue weighted by Crippen LogP contribution is 2.33. The standard InChI is InChI=1S/C26H21ClN2O4S/c1-17-7-10-20(14-22(17)27)28-24(30)16-33-21-11-8-18(9-12-21)13-23-25(31)29(26(32)34-23)15-19-5-3-2-4-6-19/h2-14H,15-16H2,1H3,(H,28,30)/b23-13-. The summed E-state index contributed by atoms with van der Waals surface area (Å²) in [6.45, 7) is 1.96. The predicted octanol–water partition coefficient (Wildman–Crippen LogP) is 5.90. The number of benzene rings is 3. The fourth-order valence-corrected chi connectivity index (χ4v) is 4.25. The Kier molecular flexibility index (Phi) is 7.35. The van der Waals surface area contributed by atoms with E-state index in [0.717, 1.165) is 28.5 Å². The summed E-state index contributed by atoms with van der Waals surface area (Å²) in [4.78, 5) is 38.8. The first kappa shape index (κ1) is 23.6. The van der Waals surface area contributed by atoms with Crippen LogP contribution in [0.4, 0.5) is 10.5 Å². The van der Waals surface area contributed by atoms with Gasteiger partial charge in [0.05, 0.1) is 11.4 Å². The molecule has 6 nitrogen and oxygen atoms in total. The topological polar surface area (TPSA) is 75.7 Å². The van der Waals surface area contributed by atoms with Crippen molar-refractivity contribution in [2.75, 3.05) is 11.9 Å². The van der Waals surface area contributed by atoms with E-state index >= 15 is 0 Å². The molecule has 0 unspecified atom stereocenters. The molecule has 3 aromatic carbocycles. The molecule has 4 rings (SSSR count). The summed E-state index contributed by atoms with van der Waals surface area (Å²) in [5.41, 5.74) is 3.16. The summed E-state index contributed by atoms with van der Waals surface area (Å²) >= 11 is 7.00.